The highest BCUT2D eigenvalue weighted by Gasteiger charge is 2.15. The van der Waals surface area contributed by atoms with Gasteiger partial charge in [0.1, 0.15) is 11.5 Å². The number of hydrogen-bond acceptors (Lipinski definition) is 6. The summed E-state index contributed by atoms with van der Waals surface area (Å²) in [6.07, 6.45) is 12.6. The Hall–Kier alpha value is -3.48. The number of ether oxygens (including phenoxy) is 2. The molecule has 0 aliphatic rings. The van der Waals surface area contributed by atoms with Gasteiger partial charge >= 0.3 is 0 Å². The van der Waals surface area contributed by atoms with Crippen molar-refractivity contribution in [2.24, 2.45) is 5.10 Å². The third-order valence-corrected chi connectivity index (χ3v) is 4.39. The minimum Gasteiger partial charge on any atom is -0.497 e. The van der Waals surface area contributed by atoms with Crippen LogP contribution in [-0.2, 0) is 17.6 Å². The molecule has 0 saturated heterocycles. The fraction of sp³-hybridized carbons (Fsp3) is 0.273. The van der Waals surface area contributed by atoms with Gasteiger partial charge in [-0.15, -0.1) is 0 Å². The van der Waals surface area contributed by atoms with E-state index >= 15 is 0 Å². The Balaban J connectivity index is 2.33. The third kappa shape index (κ3) is 6.57. The summed E-state index contributed by atoms with van der Waals surface area (Å²) >= 11 is 0. The number of imidazole rings is 1. The average Bonchev–Trinajstić information content (AvgIpc) is 3.17. The second-order valence-corrected chi connectivity index (χ2v) is 6.28. The summed E-state index contributed by atoms with van der Waals surface area (Å²) in [6, 6.07) is 6.17. The first kappa shape index (κ1) is 21.8. The van der Waals surface area contributed by atoms with Crippen molar-refractivity contribution in [1.82, 2.24) is 15.4 Å². The van der Waals surface area contributed by atoms with E-state index in [-0.39, 0.29) is 5.92 Å². The van der Waals surface area contributed by atoms with Gasteiger partial charge in [0.15, 0.2) is 5.95 Å². The van der Waals surface area contributed by atoms with Gasteiger partial charge in [0, 0.05) is 31.3 Å². The summed E-state index contributed by atoms with van der Waals surface area (Å²) < 4.78 is 10.8. The fourth-order valence-corrected chi connectivity index (χ4v) is 2.92. The minimum atomic E-state index is 0.0223. The molecule has 1 heterocycles. The lowest BCUT2D eigenvalue weighted by molar-refractivity contribution is 0.307. The number of methoxy groups -OCH3 is 2. The molecule has 0 radical (unpaired) electrons. The first-order chi connectivity index (χ1) is 14.1. The maximum atomic E-state index is 5.80. The van der Waals surface area contributed by atoms with E-state index < -0.39 is 0 Å². The highest BCUT2D eigenvalue weighted by Crippen LogP contribution is 2.28. The molecule has 4 N–H and O–H groups in total. The standard InChI is InChI=1S/C22H29N5O2/c1-5-19(28-3)8-6-7-17(20-15-25-22(23)27-20)14-18-13-16(11-12-26-24-2)9-10-21(18)29-4/h5-10,12-13,15,17,24H,1,11,14H2,2-4H3,(H3,23,25,27)/b7-6+,19-8+,26-12-. The van der Waals surface area contributed by atoms with Crippen molar-refractivity contribution in [2.75, 3.05) is 27.0 Å². The summed E-state index contributed by atoms with van der Waals surface area (Å²) in [5, 5.41) is 4.05. The predicted molar refractivity (Wildman–Crippen MR) is 118 cm³/mol. The number of aromatic nitrogens is 2. The van der Waals surface area contributed by atoms with Crippen LogP contribution in [0.2, 0.25) is 0 Å². The zero-order chi connectivity index (χ0) is 21.1. The Labute approximate surface area is 172 Å². The smallest absolute Gasteiger partial charge is 0.197 e. The molecule has 1 aromatic carbocycles. The first-order valence-corrected chi connectivity index (χ1v) is 9.30. The fourth-order valence-electron chi connectivity index (χ4n) is 2.92. The van der Waals surface area contributed by atoms with Crippen molar-refractivity contribution in [1.29, 1.82) is 0 Å². The van der Waals surface area contributed by atoms with Crippen LogP contribution in [0.5, 0.6) is 5.75 Å². The molecule has 2 rings (SSSR count). The Kier molecular flexibility index (Phi) is 8.56. The third-order valence-electron chi connectivity index (χ3n) is 4.39. The van der Waals surface area contributed by atoms with Crippen LogP contribution in [0.1, 0.15) is 22.7 Å². The van der Waals surface area contributed by atoms with Crippen LogP contribution < -0.4 is 15.9 Å². The number of nitrogens with two attached hydrogens (primary N) is 1. The van der Waals surface area contributed by atoms with Crippen LogP contribution in [-0.4, -0.2) is 37.4 Å². The van der Waals surface area contributed by atoms with Gasteiger partial charge in [-0.2, -0.15) is 5.10 Å². The molecule has 0 spiro atoms. The summed E-state index contributed by atoms with van der Waals surface area (Å²) in [7, 11) is 5.07. The van der Waals surface area contributed by atoms with Crippen molar-refractivity contribution in [2.45, 2.75) is 18.8 Å². The quantitative estimate of drug-likeness (QED) is 0.235. The molecule has 0 amide bonds. The lowest BCUT2D eigenvalue weighted by Crippen LogP contribution is -2.04. The van der Waals surface area contributed by atoms with Gasteiger partial charge < -0.3 is 25.6 Å². The van der Waals surface area contributed by atoms with Gasteiger partial charge in [0.05, 0.1) is 20.4 Å². The predicted octanol–water partition coefficient (Wildman–Crippen LogP) is 3.35. The Bertz CT molecular complexity index is 883. The maximum absolute atomic E-state index is 5.80. The first-order valence-electron chi connectivity index (χ1n) is 9.30. The molecule has 1 aromatic heterocycles. The number of H-pyrrole nitrogens is 1. The lowest BCUT2D eigenvalue weighted by atomic mass is 9.94. The molecule has 2 aromatic rings. The second kappa shape index (κ2) is 11.4. The topological polar surface area (TPSA) is 97.5 Å². The van der Waals surface area contributed by atoms with Crippen molar-refractivity contribution < 1.29 is 9.47 Å². The lowest BCUT2D eigenvalue weighted by Gasteiger charge is -2.15. The van der Waals surface area contributed by atoms with E-state index in [1.54, 1.807) is 33.5 Å². The van der Waals surface area contributed by atoms with Gasteiger partial charge in [-0.25, -0.2) is 4.98 Å². The Morgan fingerprint density at radius 2 is 2.24 bits per heavy atom. The van der Waals surface area contributed by atoms with Gasteiger partial charge in [0.2, 0.25) is 0 Å². The number of rotatable bonds is 11. The van der Waals surface area contributed by atoms with Crippen LogP contribution in [0, 0.1) is 0 Å². The summed E-state index contributed by atoms with van der Waals surface area (Å²) in [6.45, 7) is 3.73. The molecule has 1 atom stereocenters. The van der Waals surface area contributed by atoms with Crippen LogP contribution in [0.25, 0.3) is 0 Å². The SMILES string of the molecule is C=C/C(=C\C=C\C(Cc1cc(C/C=N\NC)ccc1OC)c1cnc(N)[nH]1)OC. The highest BCUT2D eigenvalue weighted by atomic mass is 16.5. The number of hydrazone groups is 1. The van der Waals surface area contributed by atoms with Gasteiger partial charge in [-0.1, -0.05) is 30.9 Å². The molecule has 1 unspecified atom stereocenters. The zero-order valence-electron chi connectivity index (χ0n) is 17.2. The van der Waals surface area contributed by atoms with E-state index in [9.17, 15) is 0 Å². The number of nitrogens with one attached hydrogen (secondary N) is 2. The molecular formula is C22H29N5O2. The summed E-state index contributed by atoms with van der Waals surface area (Å²) in [4.78, 5) is 7.27. The maximum Gasteiger partial charge on any atom is 0.197 e. The number of anilines is 1. The van der Waals surface area contributed by atoms with Crippen molar-refractivity contribution in [3.8, 4) is 5.75 Å². The molecule has 29 heavy (non-hydrogen) atoms. The van der Waals surface area contributed by atoms with Gasteiger partial charge in [-0.3, -0.25) is 0 Å². The minimum absolute atomic E-state index is 0.0223. The van der Waals surface area contributed by atoms with E-state index in [0.29, 0.717) is 18.1 Å². The number of nitrogens with zero attached hydrogens (tertiary/aromatic N) is 2. The largest absolute Gasteiger partial charge is 0.497 e. The van der Waals surface area contributed by atoms with Crippen molar-refractivity contribution in [3.05, 3.63) is 77.9 Å². The Morgan fingerprint density at radius 1 is 1.41 bits per heavy atom. The van der Waals surface area contributed by atoms with Crippen molar-refractivity contribution >= 4 is 12.2 Å². The average molecular weight is 396 g/mol. The van der Waals surface area contributed by atoms with Crippen molar-refractivity contribution in [3.63, 3.8) is 0 Å². The molecule has 0 fully saturated rings. The number of allylic oxidation sites excluding steroid dienone is 4. The summed E-state index contributed by atoms with van der Waals surface area (Å²) in [5.41, 5.74) is 11.7. The van der Waals surface area contributed by atoms with E-state index in [1.165, 1.54) is 0 Å². The molecule has 154 valence electrons. The van der Waals surface area contributed by atoms with Crippen LogP contribution in [0.15, 0.2) is 66.1 Å². The van der Waals surface area contributed by atoms with Gasteiger partial charge in [-0.05, 0) is 35.8 Å². The Morgan fingerprint density at radius 3 is 2.86 bits per heavy atom. The molecule has 0 saturated carbocycles. The molecule has 0 bridgehead atoms. The number of benzene rings is 1. The van der Waals surface area contributed by atoms with E-state index in [1.807, 2.05) is 30.5 Å². The van der Waals surface area contributed by atoms with E-state index in [4.69, 9.17) is 15.2 Å². The second-order valence-electron chi connectivity index (χ2n) is 6.28. The number of hydrogen-bond donors (Lipinski definition) is 3. The van der Waals surface area contributed by atoms with E-state index in [0.717, 1.165) is 29.0 Å². The highest BCUT2D eigenvalue weighted by molar-refractivity contribution is 5.61. The summed E-state index contributed by atoms with van der Waals surface area (Å²) in [5.74, 6) is 1.94. The molecule has 0 aliphatic carbocycles. The zero-order valence-corrected chi connectivity index (χ0v) is 17.2. The van der Waals surface area contributed by atoms with Gasteiger partial charge in [0.25, 0.3) is 0 Å². The molecule has 0 aliphatic heterocycles. The van der Waals surface area contributed by atoms with E-state index in [2.05, 4.69) is 39.2 Å². The molecule has 7 heteroatoms. The monoisotopic (exact) mass is 395 g/mol. The number of nitrogen functional groups attached to an aromatic ring is 1. The van der Waals surface area contributed by atoms with Crippen LogP contribution in [0.4, 0.5) is 5.95 Å². The van der Waals surface area contributed by atoms with Crippen LogP contribution >= 0.6 is 0 Å². The van der Waals surface area contributed by atoms with Crippen LogP contribution in [0.3, 0.4) is 0 Å². The normalized spacial score (nSPS) is 13.0. The number of aromatic amines is 1. The molecular weight excluding hydrogens is 366 g/mol. The molecule has 7 nitrogen and oxygen atoms in total.